The van der Waals surface area contributed by atoms with Crippen LogP contribution in [0.2, 0.25) is 0 Å². The first-order chi connectivity index (χ1) is 16.8. The Hall–Kier alpha value is -3.40. The number of hydrogen-bond donors (Lipinski definition) is 5. The first-order valence-electron chi connectivity index (χ1n) is 12.3. The fourth-order valence-electron chi connectivity index (χ4n) is 6.12. The van der Waals surface area contributed by atoms with Gasteiger partial charge < -0.3 is 20.8 Å². The van der Waals surface area contributed by atoms with Crippen LogP contribution in [0.4, 0.5) is 22.2 Å². The molecule has 2 aliphatic rings. The van der Waals surface area contributed by atoms with Crippen LogP contribution in [-0.2, 0) is 6.61 Å². The number of aromatic amines is 1. The van der Waals surface area contributed by atoms with E-state index in [2.05, 4.69) is 39.7 Å². The number of nitrogens with one attached hydrogen (secondary N) is 3. The van der Waals surface area contributed by atoms with Crippen LogP contribution in [0.1, 0.15) is 57.3 Å². The van der Waals surface area contributed by atoms with E-state index < -0.39 is 6.09 Å². The fourth-order valence-corrected chi connectivity index (χ4v) is 6.12. The maximum absolute atomic E-state index is 12.2. The molecule has 3 aromatic rings. The second-order valence-electron chi connectivity index (χ2n) is 10.4. The number of carbonyl (C=O) groups is 1. The van der Waals surface area contributed by atoms with Crippen molar-refractivity contribution in [3.63, 3.8) is 0 Å². The average Bonchev–Trinajstić information content (AvgIpc) is 3.30. The van der Waals surface area contributed by atoms with Crippen molar-refractivity contribution in [2.45, 2.75) is 77.1 Å². The minimum Gasteiger partial charge on any atom is -0.465 e. The highest BCUT2D eigenvalue weighted by Gasteiger charge is 2.54. The smallest absolute Gasteiger partial charge is 0.408 e. The van der Waals surface area contributed by atoms with Crippen LogP contribution in [0, 0.1) is 12.8 Å². The van der Waals surface area contributed by atoms with Crippen LogP contribution >= 0.6 is 0 Å². The third-order valence-corrected chi connectivity index (χ3v) is 7.20. The standard InChI is InChI=1S/C25H33N7O3/c1-14(2)11-25-7-6-18(32(25)24(34)35)9-17(12-25)27-23-19-5-4-16(13-33)26-20(19)10-21(29-23)28-22-8-15(3)30-31-22/h4-5,8,10,14,17-18,33H,6-7,9,11-13H2,1-3H3,(H,34,35)(H3,27,28,29,30,31)/t17-,18-,25+/m0/s1. The van der Waals surface area contributed by atoms with Gasteiger partial charge in [0.15, 0.2) is 5.82 Å². The molecule has 10 heteroatoms. The van der Waals surface area contributed by atoms with E-state index >= 15 is 0 Å². The fraction of sp³-hybridized carbons (Fsp3) is 0.520. The van der Waals surface area contributed by atoms with Gasteiger partial charge in [-0.25, -0.2) is 9.78 Å². The molecule has 0 aromatic carbocycles. The van der Waals surface area contributed by atoms with Gasteiger partial charge in [-0.05, 0) is 57.1 Å². The van der Waals surface area contributed by atoms with Crippen molar-refractivity contribution in [2.24, 2.45) is 5.92 Å². The Morgan fingerprint density at radius 1 is 1.29 bits per heavy atom. The number of aliphatic hydroxyl groups excluding tert-OH is 1. The summed E-state index contributed by atoms with van der Waals surface area (Å²) in [4.78, 5) is 23.4. The summed E-state index contributed by atoms with van der Waals surface area (Å²) in [5.41, 5.74) is 1.89. The molecule has 3 atom stereocenters. The number of pyridine rings is 2. The molecule has 5 heterocycles. The van der Waals surface area contributed by atoms with Gasteiger partial charge in [0.05, 0.1) is 17.8 Å². The zero-order chi connectivity index (χ0) is 24.7. The van der Waals surface area contributed by atoms with Crippen molar-refractivity contribution in [1.29, 1.82) is 0 Å². The molecule has 1 amide bonds. The lowest BCUT2D eigenvalue weighted by atomic mass is 9.79. The molecule has 2 fully saturated rings. The lowest BCUT2D eigenvalue weighted by Gasteiger charge is -2.47. The molecule has 0 saturated carbocycles. The molecule has 0 aliphatic carbocycles. The van der Waals surface area contributed by atoms with Crippen molar-refractivity contribution in [1.82, 2.24) is 25.1 Å². The molecule has 5 N–H and O–H groups in total. The van der Waals surface area contributed by atoms with E-state index in [4.69, 9.17) is 4.98 Å². The predicted octanol–water partition coefficient (Wildman–Crippen LogP) is 4.40. The maximum atomic E-state index is 12.2. The van der Waals surface area contributed by atoms with Gasteiger partial charge in [-0.1, -0.05) is 13.8 Å². The summed E-state index contributed by atoms with van der Waals surface area (Å²) >= 11 is 0. The Bertz CT molecular complexity index is 1240. The van der Waals surface area contributed by atoms with Gasteiger partial charge in [0, 0.05) is 40.8 Å². The molecule has 3 aromatic heterocycles. The highest BCUT2D eigenvalue weighted by Crippen LogP contribution is 2.48. The first-order valence-corrected chi connectivity index (χ1v) is 12.3. The Kier molecular flexibility index (Phi) is 6.00. The molecule has 0 spiro atoms. The maximum Gasteiger partial charge on any atom is 0.408 e. The van der Waals surface area contributed by atoms with Gasteiger partial charge in [0.25, 0.3) is 0 Å². The van der Waals surface area contributed by atoms with Gasteiger partial charge in [0.2, 0.25) is 0 Å². The summed E-state index contributed by atoms with van der Waals surface area (Å²) in [7, 11) is 0. The van der Waals surface area contributed by atoms with Crippen molar-refractivity contribution in [2.75, 3.05) is 10.6 Å². The van der Waals surface area contributed by atoms with Crippen molar-refractivity contribution < 1.29 is 15.0 Å². The van der Waals surface area contributed by atoms with Crippen LogP contribution in [-0.4, -0.2) is 59.0 Å². The normalized spacial score (nSPS) is 23.7. The second-order valence-corrected chi connectivity index (χ2v) is 10.4. The number of nitrogens with zero attached hydrogens (tertiary/aromatic N) is 4. The zero-order valence-electron chi connectivity index (χ0n) is 20.4. The minimum atomic E-state index is -0.809. The van der Waals surface area contributed by atoms with Crippen LogP contribution in [0.25, 0.3) is 10.9 Å². The summed E-state index contributed by atoms with van der Waals surface area (Å²) in [6.45, 7) is 6.10. The van der Waals surface area contributed by atoms with Crippen LogP contribution < -0.4 is 10.6 Å². The molecular formula is C25H33N7O3. The van der Waals surface area contributed by atoms with Crippen LogP contribution in [0.3, 0.4) is 0 Å². The molecular weight excluding hydrogens is 446 g/mol. The molecule has 35 heavy (non-hydrogen) atoms. The average molecular weight is 480 g/mol. The Labute approximate surface area is 204 Å². The van der Waals surface area contributed by atoms with Gasteiger partial charge in [-0.15, -0.1) is 0 Å². The Morgan fingerprint density at radius 3 is 2.80 bits per heavy atom. The number of aliphatic hydroxyl groups is 1. The van der Waals surface area contributed by atoms with Gasteiger partial charge in [-0.3, -0.25) is 15.0 Å². The molecule has 2 saturated heterocycles. The molecule has 2 aliphatic heterocycles. The lowest BCUT2D eigenvalue weighted by Crippen LogP contribution is -2.58. The van der Waals surface area contributed by atoms with Gasteiger partial charge in [-0.2, -0.15) is 5.10 Å². The number of piperidine rings is 1. The summed E-state index contributed by atoms with van der Waals surface area (Å²) < 4.78 is 0. The summed E-state index contributed by atoms with van der Waals surface area (Å²) in [5, 5.41) is 34.5. The molecule has 5 rings (SSSR count). The second kappa shape index (κ2) is 8.99. The first kappa shape index (κ1) is 23.3. The monoisotopic (exact) mass is 479 g/mol. The van der Waals surface area contributed by atoms with E-state index in [-0.39, 0.29) is 24.2 Å². The van der Waals surface area contributed by atoms with Crippen LogP contribution in [0.15, 0.2) is 24.3 Å². The third-order valence-electron chi connectivity index (χ3n) is 7.20. The van der Waals surface area contributed by atoms with E-state index in [1.807, 2.05) is 25.1 Å². The van der Waals surface area contributed by atoms with E-state index in [1.54, 1.807) is 11.0 Å². The minimum absolute atomic E-state index is 0.0104. The number of fused-ring (bicyclic) bond motifs is 3. The summed E-state index contributed by atoms with van der Waals surface area (Å²) in [6, 6.07) is 7.57. The largest absolute Gasteiger partial charge is 0.465 e. The van der Waals surface area contributed by atoms with Gasteiger partial charge in [0.1, 0.15) is 11.6 Å². The van der Waals surface area contributed by atoms with E-state index in [1.165, 1.54) is 0 Å². The van der Waals surface area contributed by atoms with Crippen molar-refractivity contribution in [3.05, 3.63) is 35.7 Å². The highest BCUT2D eigenvalue weighted by molar-refractivity contribution is 5.91. The topological polar surface area (TPSA) is 139 Å². The third kappa shape index (κ3) is 4.50. The van der Waals surface area contributed by atoms with E-state index in [9.17, 15) is 15.0 Å². The predicted molar refractivity (Wildman–Crippen MR) is 134 cm³/mol. The SMILES string of the molecule is Cc1cc(Nc2cc3nc(CO)ccc3c(N[C@H]3C[C@@H]4CC[C@@](CC(C)C)(C3)N4C(=O)O)n2)n[nH]1. The highest BCUT2D eigenvalue weighted by atomic mass is 16.4. The summed E-state index contributed by atoms with van der Waals surface area (Å²) in [5.74, 6) is 2.35. The number of hydrogen-bond acceptors (Lipinski definition) is 7. The number of amides is 1. The van der Waals surface area contributed by atoms with Crippen molar-refractivity contribution >= 4 is 34.4 Å². The van der Waals surface area contributed by atoms with E-state index in [0.717, 1.165) is 43.2 Å². The molecule has 2 bridgehead atoms. The van der Waals surface area contributed by atoms with Crippen molar-refractivity contribution in [3.8, 4) is 0 Å². The number of rotatable bonds is 7. The molecule has 0 unspecified atom stereocenters. The number of H-pyrrole nitrogens is 1. The Morgan fingerprint density at radius 2 is 2.11 bits per heavy atom. The number of anilines is 3. The van der Waals surface area contributed by atoms with E-state index in [0.29, 0.717) is 34.6 Å². The van der Waals surface area contributed by atoms with Crippen LogP contribution in [0.5, 0.6) is 0 Å². The molecule has 10 nitrogen and oxygen atoms in total. The summed E-state index contributed by atoms with van der Waals surface area (Å²) in [6.07, 6.45) is 3.33. The number of aromatic nitrogens is 4. The lowest BCUT2D eigenvalue weighted by molar-refractivity contribution is 0.0360. The molecule has 0 radical (unpaired) electrons. The molecule has 186 valence electrons. The number of aryl methyl sites for hydroxylation is 1. The quantitative estimate of drug-likeness (QED) is 0.336. The van der Waals surface area contributed by atoms with Gasteiger partial charge >= 0.3 is 6.09 Å². The zero-order valence-corrected chi connectivity index (χ0v) is 20.4. The Balaban J connectivity index is 1.48. The number of carboxylic acid groups (broad SMARTS) is 1.